The molecule has 0 aliphatic heterocycles. The lowest BCUT2D eigenvalue weighted by Crippen LogP contribution is -2.12. The molecule has 0 unspecified atom stereocenters. The minimum absolute atomic E-state index is 0.0116. The third-order valence-electron chi connectivity index (χ3n) is 3.08. The number of nitrogens with two attached hydrogens (primary N) is 1. The highest BCUT2D eigenvalue weighted by molar-refractivity contribution is 9.10. The van der Waals surface area contributed by atoms with Crippen LogP contribution in [0, 0.1) is 6.92 Å². The van der Waals surface area contributed by atoms with Crippen molar-refractivity contribution in [3.63, 3.8) is 0 Å². The number of halogens is 1. The molecule has 0 saturated heterocycles. The molecular formula is C16H17BrN2O. The summed E-state index contributed by atoms with van der Waals surface area (Å²) < 4.78 is 0.994. The number of carbonyl (C=O) groups excluding carboxylic acids is 1. The Bertz CT molecular complexity index is 608. The highest BCUT2D eigenvalue weighted by atomic mass is 79.9. The van der Waals surface area contributed by atoms with E-state index in [0.717, 1.165) is 27.0 Å². The van der Waals surface area contributed by atoms with E-state index in [1.165, 1.54) is 0 Å². The fraction of sp³-hybridized carbons (Fsp3) is 0.188. The predicted molar refractivity (Wildman–Crippen MR) is 86.7 cm³/mol. The zero-order valence-corrected chi connectivity index (χ0v) is 12.9. The van der Waals surface area contributed by atoms with E-state index < -0.39 is 0 Å². The molecular weight excluding hydrogens is 316 g/mol. The molecule has 0 spiro atoms. The largest absolute Gasteiger partial charge is 0.399 e. The second-order valence-electron chi connectivity index (χ2n) is 4.75. The summed E-state index contributed by atoms with van der Waals surface area (Å²) in [5.41, 5.74) is 9.43. The third kappa shape index (κ3) is 4.10. The van der Waals surface area contributed by atoms with E-state index in [-0.39, 0.29) is 5.91 Å². The van der Waals surface area contributed by atoms with Crippen LogP contribution in [0.15, 0.2) is 46.9 Å². The van der Waals surface area contributed by atoms with Crippen LogP contribution in [0.5, 0.6) is 0 Å². The van der Waals surface area contributed by atoms with Gasteiger partial charge in [-0.15, -0.1) is 0 Å². The van der Waals surface area contributed by atoms with Crippen molar-refractivity contribution in [1.82, 2.24) is 0 Å². The lowest BCUT2D eigenvalue weighted by atomic mass is 10.1. The van der Waals surface area contributed by atoms with E-state index in [1.54, 1.807) is 0 Å². The molecule has 0 aromatic heterocycles. The van der Waals surface area contributed by atoms with Gasteiger partial charge in [0.05, 0.1) is 0 Å². The second kappa shape index (κ2) is 6.57. The summed E-state index contributed by atoms with van der Waals surface area (Å²) in [6, 6.07) is 13.4. The molecule has 1 amide bonds. The number of anilines is 2. The van der Waals surface area contributed by atoms with Gasteiger partial charge in [0.2, 0.25) is 5.91 Å². The maximum atomic E-state index is 11.9. The van der Waals surface area contributed by atoms with Gasteiger partial charge in [-0.05, 0) is 48.7 Å². The van der Waals surface area contributed by atoms with E-state index in [0.29, 0.717) is 12.8 Å². The Labute approximate surface area is 127 Å². The van der Waals surface area contributed by atoms with Gasteiger partial charge in [0.15, 0.2) is 0 Å². The Morgan fingerprint density at radius 3 is 2.55 bits per heavy atom. The minimum Gasteiger partial charge on any atom is -0.399 e. The topological polar surface area (TPSA) is 55.1 Å². The first-order valence-electron chi connectivity index (χ1n) is 6.45. The number of nitrogens with one attached hydrogen (secondary N) is 1. The number of carbonyl (C=O) groups is 1. The monoisotopic (exact) mass is 332 g/mol. The van der Waals surface area contributed by atoms with Crippen LogP contribution in [0.4, 0.5) is 11.4 Å². The zero-order chi connectivity index (χ0) is 14.5. The molecule has 20 heavy (non-hydrogen) atoms. The van der Waals surface area contributed by atoms with Crippen molar-refractivity contribution in [2.75, 3.05) is 11.1 Å². The Morgan fingerprint density at radius 2 is 1.90 bits per heavy atom. The Hall–Kier alpha value is -1.81. The quantitative estimate of drug-likeness (QED) is 0.834. The fourth-order valence-corrected chi connectivity index (χ4v) is 2.22. The number of rotatable bonds is 4. The van der Waals surface area contributed by atoms with Gasteiger partial charge in [-0.25, -0.2) is 0 Å². The minimum atomic E-state index is 0.0116. The van der Waals surface area contributed by atoms with Crippen LogP contribution in [-0.2, 0) is 11.2 Å². The van der Waals surface area contributed by atoms with Gasteiger partial charge in [0.25, 0.3) is 0 Å². The molecule has 0 atom stereocenters. The van der Waals surface area contributed by atoms with Crippen molar-refractivity contribution >= 4 is 33.2 Å². The van der Waals surface area contributed by atoms with Crippen molar-refractivity contribution in [3.05, 3.63) is 58.1 Å². The van der Waals surface area contributed by atoms with Crippen molar-refractivity contribution < 1.29 is 4.79 Å². The molecule has 2 aromatic rings. The highest BCUT2D eigenvalue weighted by Crippen LogP contribution is 2.20. The normalized spacial score (nSPS) is 10.3. The fourth-order valence-electron chi connectivity index (χ4n) is 1.84. The maximum absolute atomic E-state index is 11.9. The van der Waals surface area contributed by atoms with Crippen molar-refractivity contribution in [2.45, 2.75) is 19.8 Å². The summed E-state index contributed by atoms with van der Waals surface area (Å²) in [6.45, 7) is 2.01. The Kier molecular flexibility index (Phi) is 4.79. The van der Waals surface area contributed by atoms with Gasteiger partial charge >= 0.3 is 0 Å². The molecule has 2 rings (SSSR count). The summed E-state index contributed by atoms with van der Waals surface area (Å²) in [7, 11) is 0. The van der Waals surface area contributed by atoms with Gasteiger partial charge in [-0.1, -0.05) is 34.1 Å². The van der Waals surface area contributed by atoms with Gasteiger partial charge < -0.3 is 11.1 Å². The molecule has 0 fully saturated rings. The van der Waals surface area contributed by atoms with Crippen molar-refractivity contribution in [3.8, 4) is 0 Å². The molecule has 0 bridgehead atoms. The molecule has 2 aromatic carbocycles. The van der Waals surface area contributed by atoms with E-state index >= 15 is 0 Å². The van der Waals surface area contributed by atoms with Crippen LogP contribution in [0.2, 0.25) is 0 Å². The number of amides is 1. The standard InChI is InChI=1S/C16H17BrN2O/c1-11-2-8-14(10-15(11)17)19-16(20)9-5-12-3-6-13(18)7-4-12/h2-4,6-8,10H,5,9,18H2,1H3,(H,19,20). The smallest absolute Gasteiger partial charge is 0.224 e. The Balaban J connectivity index is 1.89. The lowest BCUT2D eigenvalue weighted by Gasteiger charge is -2.07. The molecule has 4 heteroatoms. The number of hydrogen-bond donors (Lipinski definition) is 2. The molecule has 3 N–H and O–H groups in total. The third-order valence-corrected chi connectivity index (χ3v) is 3.93. The number of benzene rings is 2. The van der Waals surface area contributed by atoms with E-state index in [9.17, 15) is 4.79 Å². The number of nitrogen functional groups attached to an aromatic ring is 1. The van der Waals surface area contributed by atoms with Crippen molar-refractivity contribution in [1.29, 1.82) is 0 Å². The van der Waals surface area contributed by atoms with Crippen molar-refractivity contribution in [2.24, 2.45) is 0 Å². The summed E-state index contributed by atoms with van der Waals surface area (Å²) in [5, 5.41) is 2.90. The van der Waals surface area contributed by atoms with E-state index in [4.69, 9.17) is 5.73 Å². The molecule has 0 radical (unpaired) electrons. The molecule has 104 valence electrons. The Morgan fingerprint density at radius 1 is 1.20 bits per heavy atom. The average molecular weight is 333 g/mol. The van der Waals surface area contributed by atoms with Crippen LogP contribution < -0.4 is 11.1 Å². The molecule has 0 saturated carbocycles. The zero-order valence-electron chi connectivity index (χ0n) is 11.3. The number of aryl methyl sites for hydroxylation is 2. The van der Waals surface area contributed by atoms with Crippen LogP contribution >= 0.6 is 15.9 Å². The SMILES string of the molecule is Cc1ccc(NC(=O)CCc2ccc(N)cc2)cc1Br. The van der Waals surface area contributed by atoms with Gasteiger partial charge in [-0.2, -0.15) is 0 Å². The van der Waals surface area contributed by atoms with Gasteiger partial charge in [-0.3, -0.25) is 4.79 Å². The summed E-state index contributed by atoms with van der Waals surface area (Å²) in [6.07, 6.45) is 1.16. The molecule has 3 nitrogen and oxygen atoms in total. The average Bonchev–Trinajstić information content (AvgIpc) is 2.42. The first-order chi connectivity index (χ1) is 9.54. The lowest BCUT2D eigenvalue weighted by molar-refractivity contribution is -0.116. The maximum Gasteiger partial charge on any atom is 0.224 e. The van der Waals surface area contributed by atoms with E-state index in [1.807, 2.05) is 49.4 Å². The predicted octanol–water partition coefficient (Wildman–Crippen LogP) is 3.91. The number of hydrogen-bond acceptors (Lipinski definition) is 2. The van der Waals surface area contributed by atoms with Crippen LogP contribution in [0.25, 0.3) is 0 Å². The summed E-state index contributed by atoms with van der Waals surface area (Å²) in [5.74, 6) is 0.0116. The second-order valence-corrected chi connectivity index (χ2v) is 5.61. The first kappa shape index (κ1) is 14.6. The van der Waals surface area contributed by atoms with E-state index in [2.05, 4.69) is 21.2 Å². The summed E-state index contributed by atoms with van der Waals surface area (Å²) >= 11 is 3.46. The molecule has 0 heterocycles. The molecule has 0 aliphatic rings. The summed E-state index contributed by atoms with van der Waals surface area (Å²) in [4.78, 5) is 11.9. The van der Waals surface area contributed by atoms with Gasteiger partial charge in [0.1, 0.15) is 0 Å². The molecule has 0 aliphatic carbocycles. The van der Waals surface area contributed by atoms with Gasteiger partial charge in [0, 0.05) is 22.3 Å². The van der Waals surface area contributed by atoms with Crippen LogP contribution in [-0.4, -0.2) is 5.91 Å². The highest BCUT2D eigenvalue weighted by Gasteiger charge is 2.04. The first-order valence-corrected chi connectivity index (χ1v) is 7.24. The van der Waals surface area contributed by atoms with Crippen LogP contribution in [0.1, 0.15) is 17.5 Å². The van der Waals surface area contributed by atoms with Crippen LogP contribution in [0.3, 0.4) is 0 Å².